The second kappa shape index (κ2) is 3.73. The van der Waals surface area contributed by atoms with Crippen molar-refractivity contribution in [2.24, 2.45) is 13.0 Å². The Bertz CT molecular complexity index is 413. The number of hydrogen-bond acceptors (Lipinski definition) is 3. The van der Waals surface area contributed by atoms with E-state index in [0.717, 1.165) is 12.8 Å². The lowest BCUT2D eigenvalue weighted by atomic mass is 10.2. The third kappa shape index (κ3) is 1.99. The van der Waals surface area contributed by atoms with Crippen LogP contribution in [0.3, 0.4) is 0 Å². The number of nitrogens with zero attached hydrogens (tertiary/aromatic N) is 3. The molecule has 1 saturated carbocycles. The Morgan fingerprint density at radius 3 is 3.00 bits per heavy atom. The molecule has 1 aliphatic rings. The first-order chi connectivity index (χ1) is 7.22. The SMILES string of the molecule is Cn1nccc1C(=O)NC(C#N)C1CC1. The van der Waals surface area contributed by atoms with E-state index >= 15 is 0 Å². The molecule has 1 fully saturated rings. The number of carbonyl (C=O) groups is 1. The summed E-state index contributed by atoms with van der Waals surface area (Å²) in [6.45, 7) is 0. The molecule has 1 aliphatic carbocycles. The fraction of sp³-hybridized carbons (Fsp3) is 0.500. The van der Waals surface area contributed by atoms with Crippen molar-refractivity contribution in [1.82, 2.24) is 15.1 Å². The molecule has 1 N–H and O–H groups in total. The summed E-state index contributed by atoms with van der Waals surface area (Å²) in [5.74, 6) is 0.112. The zero-order chi connectivity index (χ0) is 10.8. The van der Waals surface area contributed by atoms with Crippen LogP contribution in [0.4, 0.5) is 0 Å². The van der Waals surface area contributed by atoms with E-state index < -0.39 is 0 Å². The van der Waals surface area contributed by atoms with Gasteiger partial charge in [-0.15, -0.1) is 0 Å². The Morgan fingerprint density at radius 2 is 2.53 bits per heavy atom. The lowest BCUT2D eigenvalue weighted by Crippen LogP contribution is -2.36. The molecule has 0 aromatic carbocycles. The van der Waals surface area contributed by atoms with Crippen LogP contribution in [0.25, 0.3) is 0 Å². The second-order valence-corrected chi connectivity index (χ2v) is 3.76. The van der Waals surface area contributed by atoms with E-state index in [1.54, 1.807) is 19.3 Å². The summed E-state index contributed by atoms with van der Waals surface area (Å²) in [5.41, 5.74) is 0.482. The summed E-state index contributed by atoms with van der Waals surface area (Å²) < 4.78 is 1.50. The second-order valence-electron chi connectivity index (χ2n) is 3.76. The summed E-state index contributed by atoms with van der Waals surface area (Å²) in [4.78, 5) is 11.7. The maximum absolute atomic E-state index is 11.7. The van der Waals surface area contributed by atoms with Crippen LogP contribution in [-0.4, -0.2) is 21.7 Å². The molecule has 1 unspecified atom stereocenters. The van der Waals surface area contributed by atoms with Crippen molar-refractivity contribution in [1.29, 1.82) is 5.26 Å². The molecule has 15 heavy (non-hydrogen) atoms. The fourth-order valence-corrected chi connectivity index (χ4v) is 1.50. The highest BCUT2D eigenvalue weighted by atomic mass is 16.2. The molecular weight excluding hydrogens is 192 g/mol. The zero-order valence-corrected chi connectivity index (χ0v) is 8.47. The maximum Gasteiger partial charge on any atom is 0.270 e. The van der Waals surface area contributed by atoms with Crippen LogP contribution in [0.2, 0.25) is 0 Å². The number of carbonyl (C=O) groups excluding carboxylic acids is 1. The molecule has 1 atom stereocenters. The van der Waals surface area contributed by atoms with E-state index in [0.29, 0.717) is 11.6 Å². The van der Waals surface area contributed by atoms with Crippen LogP contribution < -0.4 is 5.32 Å². The highest BCUT2D eigenvalue weighted by Gasteiger charge is 2.32. The van der Waals surface area contributed by atoms with Gasteiger partial charge in [0, 0.05) is 13.2 Å². The predicted molar refractivity (Wildman–Crippen MR) is 52.8 cm³/mol. The monoisotopic (exact) mass is 204 g/mol. The van der Waals surface area contributed by atoms with Crippen molar-refractivity contribution in [3.63, 3.8) is 0 Å². The smallest absolute Gasteiger partial charge is 0.270 e. The first-order valence-electron chi connectivity index (χ1n) is 4.91. The van der Waals surface area contributed by atoms with Crippen LogP contribution in [-0.2, 0) is 7.05 Å². The van der Waals surface area contributed by atoms with Gasteiger partial charge in [0.05, 0.1) is 6.07 Å². The fourth-order valence-electron chi connectivity index (χ4n) is 1.50. The van der Waals surface area contributed by atoms with Crippen molar-refractivity contribution in [3.8, 4) is 6.07 Å². The van der Waals surface area contributed by atoms with Crippen molar-refractivity contribution < 1.29 is 4.79 Å². The molecule has 78 valence electrons. The Balaban J connectivity index is 2.03. The minimum atomic E-state index is -0.354. The quantitative estimate of drug-likeness (QED) is 0.777. The Morgan fingerprint density at radius 1 is 1.80 bits per heavy atom. The number of nitrogens with one attached hydrogen (secondary N) is 1. The number of hydrogen-bond donors (Lipinski definition) is 1. The maximum atomic E-state index is 11.7. The van der Waals surface area contributed by atoms with Crippen LogP contribution in [0.15, 0.2) is 12.3 Å². The van der Waals surface area contributed by atoms with Gasteiger partial charge in [0.15, 0.2) is 0 Å². The summed E-state index contributed by atoms with van der Waals surface area (Å²) in [5, 5.41) is 15.5. The Labute approximate surface area is 87.7 Å². The molecule has 0 spiro atoms. The minimum absolute atomic E-state index is 0.228. The van der Waals surface area contributed by atoms with Gasteiger partial charge in [0.1, 0.15) is 11.7 Å². The zero-order valence-electron chi connectivity index (χ0n) is 8.47. The van der Waals surface area contributed by atoms with Gasteiger partial charge in [-0.3, -0.25) is 9.48 Å². The van der Waals surface area contributed by atoms with Crippen LogP contribution in [0, 0.1) is 17.2 Å². The van der Waals surface area contributed by atoms with Crippen LogP contribution in [0.1, 0.15) is 23.3 Å². The van der Waals surface area contributed by atoms with Crippen molar-refractivity contribution >= 4 is 5.91 Å². The standard InChI is InChI=1S/C10H12N4O/c1-14-9(4-5-12-14)10(15)13-8(6-11)7-2-3-7/h4-5,7-8H,2-3H2,1H3,(H,13,15). The summed E-state index contributed by atoms with van der Waals surface area (Å²) in [7, 11) is 1.70. The van der Waals surface area contributed by atoms with Crippen molar-refractivity contribution in [2.45, 2.75) is 18.9 Å². The van der Waals surface area contributed by atoms with Gasteiger partial charge < -0.3 is 5.32 Å². The molecule has 0 aliphatic heterocycles. The molecule has 0 saturated heterocycles. The van der Waals surface area contributed by atoms with E-state index in [1.807, 2.05) is 0 Å². The molecule has 1 aromatic heterocycles. The van der Waals surface area contributed by atoms with E-state index in [9.17, 15) is 4.79 Å². The molecule has 1 heterocycles. The number of aryl methyl sites for hydroxylation is 1. The van der Waals surface area contributed by atoms with E-state index in [1.165, 1.54) is 4.68 Å². The molecule has 0 bridgehead atoms. The largest absolute Gasteiger partial charge is 0.335 e. The molecule has 1 amide bonds. The Kier molecular flexibility index (Phi) is 2.42. The molecule has 5 nitrogen and oxygen atoms in total. The van der Waals surface area contributed by atoms with Gasteiger partial charge in [-0.1, -0.05) is 0 Å². The summed E-state index contributed by atoms with van der Waals surface area (Å²) in [6.07, 6.45) is 3.63. The predicted octanol–water partition coefficient (Wildman–Crippen LogP) is 0.452. The number of aromatic nitrogens is 2. The van der Waals surface area contributed by atoms with Gasteiger partial charge in [-0.25, -0.2) is 0 Å². The van der Waals surface area contributed by atoms with Gasteiger partial charge >= 0.3 is 0 Å². The van der Waals surface area contributed by atoms with Crippen LogP contribution in [0.5, 0.6) is 0 Å². The topological polar surface area (TPSA) is 70.7 Å². The molecule has 5 heteroatoms. The normalized spacial score (nSPS) is 16.8. The highest BCUT2D eigenvalue weighted by molar-refractivity contribution is 5.92. The van der Waals surface area contributed by atoms with Crippen molar-refractivity contribution in [3.05, 3.63) is 18.0 Å². The number of amides is 1. The molecule has 2 rings (SSSR count). The highest BCUT2D eigenvalue weighted by Crippen LogP contribution is 2.32. The first kappa shape index (κ1) is 9.71. The summed E-state index contributed by atoms with van der Waals surface area (Å²) in [6, 6.07) is 3.40. The molecular formula is C10H12N4O. The minimum Gasteiger partial charge on any atom is -0.335 e. The Hall–Kier alpha value is -1.83. The van der Waals surface area contributed by atoms with Crippen LogP contribution >= 0.6 is 0 Å². The van der Waals surface area contributed by atoms with E-state index in [-0.39, 0.29) is 11.9 Å². The van der Waals surface area contributed by atoms with Gasteiger partial charge in [-0.2, -0.15) is 10.4 Å². The lowest BCUT2D eigenvalue weighted by Gasteiger charge is -2.09. The number of nitriles is 1. The van der Waals surface area contributed by atoms with Gasteiger partial charge in [0.2, 0.25) is 0 Å². The lowest BCUT2D eigenvalue weighted by molar-refractivity contribution is 0.0932. The van der Waals surface area contributed by atoms with Gasteiger partial charge in [0.25, 0.3) is 5.91 Å². The van der Waals surface area contributed by atoms with E-state index in [2.05, 4.69) is 16.5 Å². The first-order valence-corrected chi connectivity index (χ1v) is 4.91. The molecule has 1 aromatic rings. The number of rotatable bonds is 3. The van der Waals surface area contributed by atoms with Crippen molar-refractivity contribution in [2.75, 3.05) is 0 Å². The van der Waals surface area contributed by atoms with E-state index in [4.69, 9.17) is 5.26 Å². The summed E-state index contributed by atoms with van der Waals surface area (Å²) >= 11 is 0. The average Bonchev–Trinajstić information content (AvgIpc) is 2.97. The molecule has 0 radical (unpaired) electrons. The third-order valence-corrected chi connectivity index (χ3v) is 2.57. The average molecular weight is 204 g/mol. The third-order valence-electron chi connectivity index (χ3n) is 2.57. The van der Waals surface area contributed by atoms with Gasteiger partial charge in [-0.05, 0) is 24.8 Å².